The zero-order valence-corrected chi connectivity index (χ0v) is 17.8. The molecule has 0 N–H and O–H groups in total. The van der Waals surface area contributed by atoms with Gasteiger partial charge in [-0.15, -0.1) is 0 Å². The number of nitriles is 1. The molecular formula is C30H19N3. The second-order valence-corrected chi connectivity index (χ2v) is 7.98. The van der Waals surface area contributed by atoms with Gasteiger partial charge in [-0.2, -0.15) is 5.26 Å². The first-order valence-electron chi connectivity index (χ1n) is 10.9. The third-order valence-corrected chi connectivity index (χ3v) is 6.15. The van der Waals surface area contributed by atoms with Crippen molar-refractivity contribution >= 4 is 21.8 Å². The van der Waals surface area contributed by atoms with Crippen molar-refractivity contribution < 1.29 is 0 Å². The molecule has 4 aromatic carbocycles. The van der Waals surface area contributed by atoms with E-state index in [0.717, 1.165) is 27.9 Å². The quantitative estimate of drug-likeness (QED) is 0.299. The lowest BCUT2D eigenvalue weighted by atomic mass is 9.98. The van der Waals surface area contributed by atoms with Crippen LogP contribution in [0.1, 0.15) is 5.69 Å². The molecular weight excluding hydrogens is 402 g/mol. The summed E-state index contributed by atoms with van der Waals surface area (Å²) in [6, 6.07) is 40.0. The molecule has 3 nitrogen and oxygen atoms in total. The van der Waals surface area contributed by atoms with Gasteiger partial charge in [0, 0.05) is 28.1 Å². The van der Waals surface area contributed by atoms with Crippen LogP contribution in [-0.4, -0.2) is 9.55 Å². The second-order valence-electron chi connectivity index (χ2n) is 7.98. The van der Waals surface area contributed by atoms with Crippen molar-refractivity contribution in [3.63, 3.8) is 0 Å². The Morgan fingerprint density at radius 2 is 1.12 bits per heavy atom. The van der Waals surface area contributed by atoms with E-state index in [4.69, 9.17) is 0 Å². The summed E-state index contributed by atoms with van der Waals surface area (Å²) in [6.07, 6.45) is 1.65. The molecule has 154 valence electrons. The summed E-state index contributed by atoms with van der Waals surface area (Å²) in [5.41, 5.74) is 8.08. The van der Waals surface area contributed by atoms with Gasteiger partial charge in [0.25, 0.3) is 0 Å². The summed E-state index contributed by atoms with van der Waals surface area (Å²) in [7, 11) is 0. The Labute approximate surface area is 191 Å². The standard InChI is InChI=1S/C30H19N3/c31-20-27-23(11-7-19-32-27)21-15-17-22(18-16-21)24-8-1-4-12-28(24)33-29-13-5-2-9-25(29)26-10-3-6-14-30(26)33/h1-19H. The van der Waals surface area contributed by atoms with E-state index in [9.17, 15) is 5.26 Å². The maximum Gasteiger partial charge on any atom is 0.148 e. The van der Waals surface area contributed by atoms with E-state index in [1.54, 1.807) is 6.20 Å². The number of hydrogen-bond acceptors (Lipinski definition) is 2. The van der Waals surface area contributed by atoms with Crippen LogP contribution in [0.3, 0.4) is 0 Å². The molecule has 0 radical (unpaired) electrons. The molecule has 0 spiro atoms. The van der Waals surface area contributed by atoms with Gasteiger partial charge in [-0.05, 0) is 41.5 Å². The van der Waals surface area contributed by atoms with E-state index in [-0.39, 0.29) is 0 Å². The molecule has 6 aromatic rings. The first kappa shape index (κ1) is 19.0. The average molecular weight is 422 g/mol. The Morgan fingerprint density at radius 1 is 0.576 bits per heavy atom. The average Bonchev–Trinajstić information content (AvgIpc) is 3.23. The van der Waals surface area contributed by atoms with Crippen molar-refractivity contribution in [1.29, 1.82) is 5.26 Å². The van der Waals surface area contributed by atoms with Crippen molar-refractivity contribution in [3.8, 4) is 34.0 Å². The van der Waals surface area contributed by atoms with Gasteiger partial charge in [-0.1, -0.05) is 78.9 Å². The molecule has 0 atom stereocenters. The van der Waals surface area contributed by atoms with Crippen LogP contribution in [0.25, 0.3) is 49.7 Å². The van der Waals surface area contributed by atoms with Crippen LogP contribution in [0, 0.1) is 11.3 Å². The summed E-state index contributed by atoms with van der Waals surface area (Å²) < 4.78 is 2.35. The van der Waals surface area contributed by atoms with Crippen LogP contribution in [-0.2, 0) is 0 Å². The van der Waals surface area contributed by atoms with Crippen molar-refractivity contribution in [2.45, 2.75) is 0 Å². The van der Waals surface area contributed by atoms with Crippen LogP contribution in [0.4, 0.5) is 0 Å². The molecule has 0 saturated heterocycles. The molecule has 0 aliphatic heterocycles. The highest BCUT2D eigenvalue weighted by Gasteiger charge is 2.15. The van der Waals surface area contributed by atoms with E-state index in [1.165, 1.54) is 21.8 Å². The van der Waals surface area contributed by atoms with E-state index >= 15 is 0 Å². The predicted octanol–water partition coefficient (Wildman–Crippen LogP) is 7.38. The minimum absolute atomic E-state index is 0.441. The van der Waals surface area contributed by atoms with Crippen molar-refractivity contribution in [3.05, 3.63) is 121 Å². The van der Waals surface area contributed by atoms with Gasteiger partial charge in [0.1, 0.15) is 11.8 Å². The molecule has 6 rings (SSSR count). The highest BCUT2D eigenvalue weighted by atomic mass is 15.0. The molecule has 0 aliphatic carbocycles. The Balaban J connectivity index is 1.54. The smallest absolute Gasteiger partial charge is 0.148 e. The number of nitrogens with zero attached hydrogens (tertiary/aromatic N) is 3. The normalized spacial score (nSPS) is 11.0. The molecule has 33 heavy (non-hydrogen) atoms. The van der Waals surface area contributed by atoms with Crippen LogP contribution in [0.5, 0.6) is 0 Å². The Bertz CT molecular complexity index is 1610. The number of hydrogen-bond donors (Lipinski definition) is 0. The lowest BCUT2D eigenvalue weighted by Crippen LogP contribution is -1.97. The topological polar surface area (TPSA) is 41.6 Å². The summed E-state index contributed by atoms with van der Waals surface area (Å²) in [6.45, 7) is 0. The number of aromatic nitrogens is 2. The summed E-state index contributed by atoms with van der Waals surface area (Å²) in [4.78, 5) is 4.20. The first-order valence-corrected chi connectivity index (χ1v) is 10.9. The lowest BCUT2D eigenvalue weighted by Gasteiger charge is -2.14. The molecule has 0 aliphatic rings. The fraction of sp³-hybridized carbons (Fsp3) is 0. The van der Waals surface area contributed by atoms with Crippen LogP contribution in [0.2, 0.25) is 0 Å². The number of fused-ring (bicyclic) bond motifs is 3. The Hall–Kier alpha value is -4.68. The molecule has 0 amide bonds. The SMILES string of the molecule is N#Cc1ncccc1-c1ccc(-c2ccccc2-n2c3ccccc3c3ccccc32)cc1. The molecule has 0 bridgehead atoms. The van der Waals surface area contributed by atoms with Crippen LogP contribution >= 0.6 is 0 Å². The van der Waals surface area contributed by atoms with Crippen molar-refractivity contribution in [2.24, 2.45) is 0 Å². The van der Waals surface area contributed by atoms with E-state index in [2.05, 4.69) is 113 Å². The van der Waals surface area contributed by atoms with Gasteiger partial charge >= 0.3 is 0 Å². The molecule has 0 unspecified atom stereocenters. The highest BCUT2D eigenvalue weighted by Crippen LogP contribution is 2.36. The monoisotopic (exact) mass is 421 g/mol. The van der Waals surface area contributed by atoms with Gasteiger partial charge in [0.15, 0.2) is 0 Å². The summed E-state index contributed by atoms with van der Waals surface area (Å²) in [5, 5.41) is 11.9. The summed E-state index contributed by atoms with van der Waals surface area (Å²) >= 11 is 0. The van der Waals surface area contributed by atoms with Gasteiger partial charge in [0.05, 0.1) is 16.7 Å². The molecule has 3 heteroatoms. The number of rotatable bonds is 3. The molecule has 0 saturated carbocycles. The van der Waals surface area contributed by atoms with E-state index in [0.29, 0.717) is 5.69 Å². The van der Waals surface area contributed by atoms with Gasteiger partial charge < -0.3 is 4.57 Å². The van der Waals surface area contributed by atoms with Crippen LogP contribution < -0.4 is 0 Å². The minimum Gasteiger partial charge on any atom is -0.309 e. The fourth-order valence-corrected chi connectivity index (χ4v) is 4.65. The predicted molar refractivity (Wildman–Crippen MR) is 134 cm³/mol. The van der Waals surface area contributed by atoms with E-state index < -0.39 is 0 Å². The molecule has 2 aromatic heterocycles. The third kappa shape index (κ3) is 3.09. The zero-order valence-electron chi connectivity index (χ0n) is 17.8. The Morgan fingerprint density at radius 3 is 1.79 bits per heavy atom. The van der Waals surface area contributed by atoms with Gasteiger partial charge in [-0.25, -0.2) is 4.98 Å². The Kier molecular flexibility index (Phi) is 4.49. The number of para-hydroxylation sites is 3. The minimum atomic E-state index is 0.441. The largest absolute Gasteiger partial charge is 0.309 e. The van der Waals surface area contributed by atoms with Crippen LogP contribution in [0.15, 0.2) is 115 Å². The van der Waals surface area contributed by atoms with Gasteiger partial charge in [-0.3, -0.25) is 0 Å². The van der Waals surface area contributed by atoms with E-state index in [1.807, 2.05) is 12.1 Å². The zero-order chi connectivity index (χ0) is 22.2. The van der Waals surface area contributed by atoms with Crippen molar-refractivity contribution in [2.75, 3.05) is 0 Å². The molecule has 2 heterocycles. The summed E-state index contributed by atoms with van der Waals surface area (Å²) in [5.74, 6) is 0. The maximum absolute atomic E-state index is 9.41. The second kappa shape index (κ2) is 7.78. The lowest BCUT2D eigenvalue weighted by molar-refractivity contribution is 1.18. The van der Waals surface area contributed by atoms with Gasteiger partial charge in [0.2, 0.25) is 0 Å². The number of benzene rings is 4. The van der Waals surface area contributed by atoms with Crippen molar-refractivity contribution in [1.82, 2.24) is 9.55 Å². The number of pyridine rings is 1. The highest BCUT2D eigenvalue weighted by molar-refractivity contribution is 6.09. The first-order chi connectivity index (χ1) is 16.3. The maximum atomic E-state index is 9.41. The fourth-order valence-electron chi connectivity index (χ4n) is 4.65. The molecule has 0 fully saturated rings. The third-order valence-electron chi connectivity index (χ3n) is 6.15.